The van der Waals surface area contributed by atoms with Gasteiger partial charge in [-0.2, -0.15) is 5.10 Å². The molecule has 2 heterocycles. The normalized spacial score (nSPS) is 21.1. The topological polar surface area (TPSA) is 41.4 Å². The minimum Gasteiger partial charge on any atom is -0.347 e. The van der Waals surface area contributed by atoms with Crippen LogP contribution in [0.1, 0.15) is 11.7 Å². The first kappa shape index (κ1) is 10.2. The number of hydrogen-bond donors (Lipinski definition) is 0. The van der Waals surface area contributed by atoms with Gasteiger partial charge in [0.15, 0.2) is 0 Å². The maximum Gasteiger partial charge on any atom is 0.248 e. The van der Waals surface area contributed by atoms with Crippen molar-refractivity contribution >= 4 is 5.91 Å². The van der Waals surface area contributed by atoms with E-state index in [9.17, 15) is 4.79 Å². The van der Waals surface area contributed by atoms with Crippen LogP contribution in [0.3, 0.4) is 0 Å². The van der Waals surface area contributed by atoms with Gasteiger partial charge in [-0.1, -0.05) is 0 Å². The van der Waals surface area contributed by atoms with E-state index in [0.717, 1.165) is 18.8 Å². The summed E-state index contributed by atoms with van der Waals surface area (Å²) in [5.74, 6) is 0.103. The monoisotopic (exact) mass is 208 g/mol. The van der Waals surface area contributed by atoms with E-state index in [4.69, 9.17) is 0 Å². The summed E-state index contributed by atoms with van der Waals surface area (Å²) in [6.45, 7) is 1.59. The number of aromatic nitrogens is 2. The molecule has 1 aromatic rings. The van der Waals surface area contributed by atoms with Crippen LogP contribution in [-0.2, 0) is 11.3 Å². The van der Waals surface area contributed by atoms with E-state index in [-0.39, 0.29) is 11.9 Å². The van der Waals surface area contributed by atoms with E-state index in [1.165, 1.54) is 0 Å². The highest BCUT2D eigenvalue weighted by atomic mass is 16.2. The number of carbonyl (C=O) groups excluding carboxylic acids is 1. The van der Waals surface area contributed by atoms with Gasteiger partial charge in [0.2, 0.25) is 5.91 Å². The minimum absolute atomic E-state index is 0.103. The second kappa shape index (κ2) is 3.66. The smallest absolute Gasteiger partial charge is 0.248 e. The summed E-state index contributed by atoms with van der Waals surface area (Å²) < 4.78 is 1.84. The standard InChI is InChI=1S/C10H16N4O/c1-12(2)10(15)9-7-13(3)6-8-4-5-11-14(8)9/h4-5,9H,6-7H2,1-3H3/t9-/m1/s1. The zero-order chi connectivity index (χ0) is 11.0. The first-order chi connectivity index (χ1) is 7.09. The Kier molecular flexibility index (Phi) is 2.48. The molecule has 1 aliphatic heterocycles. The van der Waals surface area contributed by atoms with E-state index in [0.29, 0.717) is 0 Å². The van der Waals surface area contributed by atoms with Gasteiger partial charge in [-0.25, -0.2) is 0 Å². The molecule has 0 aromatic carbocycles. The van der Waals surface area contributed by atoms with Crippen molar-refractivity contribution in [3.63, 3.8) is 0 Å². The third-order valence-corrected chi connectivity index (χ3v) is 2.69. The Hall–Kier alpha value is -1.36. The van der Waals surface area contributed by atoms with Gasteiger partial charge in [-0.3, -0.25) is 14.4 Å². The van der Waals surface area contributed by atoms with Crippen LogP contribution < -0.4 is 0 Å². The van der Waals surface area contributed by atoms with E-state index >= 15 is 0 Å². The van der Waals surface area contributed by atoms with Crippen molar-refractivity contribution in [2.45, 2.75) is 12.6 Å². The second-order valence-corrected chi connectivity index (χ2v) is 4.21. The Morgan fingerprint density at radius 2 is 2.33 bits per heavy atom. The highest BCUT2D eigenvalue weighted by molar-refractivity contribution is 5.80. The molecule has 0 fully saturated rings. The molecule has 0 saturated heterocycles. The molecule has 5 nitrogen and oxygen atoms in total. The maximum atomic E-state index is 11.9. The summed E-state index contributed by atoms with van der Waals surface area (Å²) in [5, 5.41) is 4.22. The molecule has 0 radical (unpaired) electrons. The van der Waals surface area contributed by atoms with Gasteiger partial charge in [0.05, 0.1) is 5.69 Å². The van der Waals surface area contributed by atoms with Crippen molar-refractivity contribution in [3.05, 3.63) is 18.0 Å². The second-order valence-electron chi connectivity index (χ2n) is 4.21. The van der Waals surface area contributed by atoms with Crippen molar-refractivity contribution in [2.24, 2.45) is 0 Å². The Morgan fingerprint density at radius 3 is 3.00 bits per heavy atom. The lowest BCUT2D eigenvalue weighted by Crippen LogP contribution is -2.43. The molecule has 1 aliphatic rings. The predicted octanol–water partition coefficient (Wildman–Crippen LogP) is -0.0422. The fraction of sp³-hybridized carbons (Fsp3) is 0.600. The lowest BCUT2D eigenvalue weighted by Gasteiger charge is -2.31. The highest BCUT2D eigenvalue weighted by Crippen LogP contribution is 2.20. The number of fused-ring (bicyclic) bond motifs is 1. The van der Waals surface area contributed by atoms with E-state index in [1.807, 2.05) is 17.8 Å². The fourth-order valence-electron chi connectivity index (χ4n) is 1.94. The minimum atomic E-state index is -0.177. The number of nitrogens with zero attached hydrogens (tertiary/aromatic N) is 4. The van der Waals surface area contributed by atoms with Gasteiger partial charge in [-0.05, 0) is 13.1 Å². The number of likely N-dealkylation sites (N-methyl/N-ethyl adjacent to an activating group) is 2. The molecule has 0 aliphatic carbocycles. The van der Waals surface area contributed by atoms with Crippen molar-refractivity contribution in [2.75, 3.05) is 27.7 Å². The molecular formula is C10H16N4O. The van der Waals surface area contributed by atoms with Crippen LogP contribution in [-0.4, -0.2) is 53.2 Å². The van der Waals surface area contributed by atoms with Crippen molar-refractivity contribution < 1.29 is 4.79 Å². The summed E-state index contributed by atoms with van der Waals surface area (Å²) in [4.78, 5) is 15.7. The number of rotatable bonds is 1. The quantitative estimate of drug-likeness (QED) is 0.650. The van der Waals surface area contributed by atoms with Crippen LogP contribution in [0.25, 0.3) is 0 Å². The van der Waals surface area contributed by atoms with E-state index < -0.39 is 0 Å². The van der Waals surface area contributed by atoms with Gasteiger partial charge in [0.25, 0.3) is 0 Å². The lowest BCUT2D eigenvalue weighted by atomic mass is 10.2. The molecule has 5 heteroatoms. The molecule has 1 aromatic heterocycles. The highest BCUT2D eigenvalue weighted by Gasteiger charge is 2.29. The third-order valence-electron chi connectivity index (χ3n) is 2.69. The lowest BCUT2D eigenvalue weighted by molar-refractivity contribution is -0.133. The first-order valence-corrected chi connectivity index (χ1v) is 5.01. The van der Waals surface area contributed by atoms with Crippen LogP contribution in [0.15, 0.2) is 12.3 Å². The van der Waals surface area contributed by atoms with Crippen LogP contribution in [0.4, 0.5) is 0 Å². The summed E-state index contributed by atoms with van der Waals surface area (Å²) >= 11 is 0. The number of hydrogen-bond acceptors (Lipinski definition) is 3. The molecule has 1 atom stereocenters. The van der Waals surface area contributed by atoms with Gasteiger partial charge in [0.1, 0.15) is 6.04 Å². The van der Waals surface area contributed by atoms with Crippen LogP contribution in [0, 0.1) is 0 Å². The van der Waals surface area contributed by atoms with Gasteiger partial charge < -0.3 is 4.90 Å². The molecule has 0 unspecified atom stereocenters. The van der Waals surface area contributed by atoms with Crippen molar-refractivity contribution in [1.29, 1.82) is 0 Å². The average molecular weight is 208 g/mol. The summed E-state index contributed by atoms with van der Waals surface area (Å²) in [5.41, 5.74) is 1.10. The van der Waals surface area contributed by atoms with E-state index in [2.05, 4.69) is 10.00 Å². The largest absolute Gasteiger partial charge is 0.347 e. The third kappa shape index (κ3) is 1.74. The SMILES string of the molecule is CN1Cc2ccnn2[C@@H](C(=O)N(C)C)C1. The van der Waals surface area contributed by atoms with Crippen LogP contribution >= 0.6 is 0 Å². The summed E-state index contributed by atoms with van der Waals surface area (Å²) in [6.07, 6.45) is 1.75. The summed E-state index contributed by atoms with van der Waals surface area (Å²) in [7, 11) is 5.58. The predicted molar refractivity (Wildman–Crippen MR) is 56.3 cm³/mol. The number of amides is 1. The Labute approximate surface area is 89.3 Å². The van der Waals surface area contributed by atoms with Gasteiger partial charge >= 0.3 is 0 Å². The summed E-state index contributed by atoms with van der Waals surface area (Å²) in [6, 6.07) is 1.79. The van der Waals surface area contributed by atoms with Crippen LogP contribution in [0.5, 0.6) is 0 Å². The molecule has 2 rings (SSSR count). The maximum absolute atomic E-state index is 11.9. The average Bonchev–Trinajstić information content (AvgIpc) is 2.62. The number of carbonyl (C=O) groups is 1. The molecule has 1 amide bonds. The molecule has 82 valence electrons. The molecule has 15 heavy (non-hydrogen) atoms. The van der Waals surface area contributed by atoms with Gasteiger partial charge in [0, 0.05) is 33.4 Å². The van der Waals surface area contributed by atoms with E-state index in [1.54, 1.807) is 25.2 Å². The zero-order valence-electron chi connectivity index (χ0n) is 9.34. The Morgan fingerprint density at radius 1 is 1.60 bits per heavy atom. The Bertz CT molecular complexity index is 371. The molecule has 0 spiro atoms. The molecule has 0 saturated carbocycles. The molecular weight excluding hydrogens is 192 g/mol. The molecule has 0 bridgehead atoms. The van der Waals surface area contributed by atoms with Gasteiger partial charge in [-0.15, -0.1) is 0 Å². The van der Waals surface area contributed by atoms with Crippen molar-refractivity contribution in [3.8, 4) is 0 Å². The van der Waals surface area contributed by atoms with Crippen molar-refractivity contribution in [1.82, 2.24) is 19.6 Å². The first-order valence-electron chi connectivity index (χ1n) is 5.01. The Balaban J connectivity index is 2.31. The zero-order valence-corrected chi connectivity index (χ0v) is 9.34. The molecule has 0 N–H and O–H groups in total. The fourth-order valence-corrected chi connectivity index (χ4v) is 1.94. The van der Waals surface area contributed by atoms with Crippen LogP contribution in [0.2, 0.25) is 0 Å².